The molecule has 0 saturated carbocycles. The molecule has 1 saturated heterocycles. The van der Waals surface area contributed by atoms with Gasteiger partial charge in [-0.2, -0.15) is 0 Å². The number of hydrogen-bond acceptors (Lipinski definition) is 3. The number of piperidine rings is 1. The number of likely N-dealkylation sites (tertiary alicyclic amines) is 1. The predicted octanol–water partition coefficient (Wildman–Crippen LogP) is 1.10. The number of aliphatic hydroxyl groups excluding tert-OH is 1. The Morgan fingerprint density at radius 1 is 1.35 bits per heavy atom. The Morgan fingerprint density at radius 3 is 2.71 bits per heavy atom. The van der Waals surface area contributed by atoms with E-state index in [9.17, 15) is 14.7 Å². The fourth-order valence-corrected chi connectivity index (χ4v) is 2.00. The predicted molar refractivity (Wildman–Crippen MR) is 63.0 cm³/mol. The highest BCUT2D eigenvalue weighted by atomic mass is 16.3. The Hall–Kier alpha value is -1.68. The molecule has 0 radical (unpaired) electrons. The number of hydrogen-bond donors (Lipinski definition) is 1. The first kappa shape index (κ1) is 11.8. The molecular formula is C13H15NO3. The number of benzene rings is 1. The molecule has 4 nitrogen and oxygen atoms in total. The van der Waals surface area contributed by atoms with Crippen molar-refractivity contribution >= 4 is 12.2 Å². The molecule has 1 amide bonds. The first-order valence-electron chi connectivity index (χ1n) is 5.73. The molecule has 90 valence electrons. The summed E-state index contributed by atoms with van der Waals surface area (Å²) in [5, 5.41) is 9.38. The third-order valence-corrected chi connectivity index (χ3v) is 3.02. The van der Waals surface area contributed by atoms with Crippen LogP contribution in [0.1, 0.15) is 33.6 Å². The molecule has 1 N–H and O–H groups in total. The number of nitrogens with zero attached hydrogens (tertiary/aromatic N) is 1. The lowest BCUT2D eigenvalue weighted by molar-refractivity contribution is 0.0546. The molecule has 0 bridgehead atoms. The van der Waals surface area contributed by atoms with Crippen molar-refractivity contribution < 1.29 is 14.7 Å². The van der Waals surface area contributed by atoms with Gasteiger partial charge in [-0.05, 0) is 25.0 Å². The Bertz CT molecular complexity index is 422. The molecular weight excluding hydrogens is 218 g/mol. The molecule has 1 aliphatic rings. The minimum atomic E-state index is -0.291. The molecule has 0 aliphatic carbocycles. The van der Waals surface area contributed by atoms with Crippen LogP contribution < -0.4 is 0 Å². The van der Waals surface area contributed by atoms with Gasteiger partial charge in [-0.15, -0.1) is 0 Å². The largest absolute Gasteiger partial charge is 0.393 e. The van der Waals surface area contributed by atoms with Gasteiger partial charge in [-0.3, -0.25) is 9.59 Å². The average Bonchev–Trinajstić information content (AvgIpc) is 2.39. The summed E-state index contributed by atoms with van der Waals surface area (Å²) in [6, 6.07) is 6.68. The molecule has 17 heavy (non-hydrogen) atoms. The van der Waals surface area contributed by atoms with E-state index in [1.54, 1.807) is 29.2 Å². The van der Waals surface area contributed by atoms with E-state index >= 15 is 0 Å². The summed E-state index contributed by atoms with van der Waals surface area (Å²) in [5.41, 5.74) is 1.04. The van der Waals surface area contributed by atoms with Crippen LogP contribution in [0.2, 0.25) is 0 Å². The minimum absolute atomic E-state index is 0.0689. The van der Waals surface area contributed by atoms with E-state index in [2.05, 4.69) is 0 Å². The van der Waals surface area contributed by atoms with E-state index in [0.29, 0.717) is 37.1 Å². The zero-order chi connectivity index (χ0) is 12.3. The van der Waals surface area contributed by atoms with Crippen LogP contribution in [0.4, 0.5) is 0 Å². The van der Waals surface area contributed by atoms with Crippen LogP contribution in [0.25, 0.3) is 0 Å². The molecule has 1 aromatic rings. The van der Waals surface area contributed by atoms with Gasteiger partial charge in [0.25, 0.3) is 5.91 Å². The topological polar surface area (TPSA) is 57.6 Å². The summed E-state index contributed by atoms with van der Waals surface area (Å²) in [6.45, 7) is 1.15. The molecule has 0 aromatic heterocycles. The SMILES string of the molecule is O=Cc1cccc(C(=O)N2CCC(O)CC2)c1. The third kappa shape index (κ3) is 2.71. The number of aldehydes is 1. The van der Waals surface area contributed by atoms with Gasteiger partial charge in [0.05, 0.1) is 6.10 Å². The summed E-state index contributed by atoms with van der Waals surface area (Å²) >= 11 is 0. The highest BCUT2D eigenvalue weighted by molar-refractivity contribution is 5.95. The van der Waals surface area contributed by atoms with Gasteiger partial charge in [0, 0.05) is 24.2 Å². The fraction of sp³-hybridized carbons (Fsp3) is 0.385. The van der Waals surface area contributed by atoms with Crippen molar-refractivity contribution in [1.82, 2.24) is 4.90 Å². The molecule has 0 spiro atoms. The van der Waals surface area contributed by atoms with Gasteiger partial charge in [0.1, 0.15) is 6.29 Å². The molecule has 1 aliphatic heterocycles. The standard InChI is InChI=1S/C13H15NO3/c15-9-10-2-1-3-11(8-10)13(17)14-6-4-12(16)5-7-14/h1-3,8-9,12,16H,4-7H2. The zero-order valence-electron chi connectivity index (χ0n) is 9.50. The number of carbonyl (C=O) groups is 2. The van der Waals surface area contributed by atoms with E-state index in [1.807, 2.05) is 0 Å². The maximum absolute atomic E-state index is 12.1. The molecule has 1 heterocycles. The number of carbonyl (C=O) groups excluding carboxylic acids is 2. The van der Waals surface area contributed by atoms with Gasteiger partial charge in [0.2, 0.25) is 0 Å². The normalized spacial score (nSPS) is 16.9. The van der Waals surface area contributed by atoms with E-state index in [1.165, 1.54) is 0 Å². The lowest BCUT2D eigenvalue weighted by Gasteiger charge is -2.29. The number of aliphatic hydroxyl groups is 1. The van der Waals surface area contributed by atoms with Crippen LogP contribution in [0, 0.1) is 0 Å². The monoisotopic (exact) mass is 233 g/mol. The van der Waals surface area contributed by atoms with Gasteiger partial charge in [-0.1, -0.05) is 12.1 Å². The van der Waals surface area contributed by atoms with Gasteiger partial charge in [-0.25, -0.2) is 0 Å². The van der Waals surface area contributed by atoms with Crippen molar-refractivity contribution in [3.05, 3.63) is 35.4 Å². The number of rotatable bonds is 2. The molecule has 1 fully saturated rings. The molecule has 0 unspecified atom stereocenters. The third-order valence-electron chi connectivity index (χ3n) is 3.02. The molecule has 1 aromatic carbocycles. The van der Waals surface area contributed by atoms with E-state index in [-0.39, 0.29) is 12.0 Å². The molecule has 2 rings (SSSR count). The van der Waals surface area contributed by atoms with Crippen molar-refractivity contribution in [2.24, 2.45) is 0 Å². The Morgan fingerprint density at radius 2 is 2.06 bits per heavy atom. The van der Waals surface area contributed by atoms with Crippen LogP contribution in [0.15, 0.2) is 24.3 Å². The first-order chi connectivity index (χ1) is 8.20. The number of amides is 1. The summed E-state index contributed by atoms with van der Waals surface area (Å²) in [4.78, 5) is 24.5. The van der Waals surface area contributed by atoms with E-state index < -0.39 is 0 Å². The average molecular weight is 233 g/mol. The summed E-state index contributed by atoms with van der Waals surface area (Å²) < 4.78 is 0. The second-order valence-electron chi connectivity index (χ2n) is 4.27. The maximum Gasteiger partial charge on any atom is 0.253 e. The quantitative estimate of drug-likeness (QED) is 0.778. The minimum Gasteiger partial charge on any atom is -0.393 e. The lowest BCUT2D eigenvalue weighted by Crippen LogP contribution is -2.40. The summed E-state index contributed by atoms with van der Waals surface area (Å²) in [7, 11) is 0. The molecule has 4 heteroatoms. The van der Waals surface area contributed by atoms with Crippen LogP contribution in [0.5, 0.6) is 0 Å². The van der Waals surface area contributed by atoms with Crippen LogP contribution in [0.3, 0.4) is 0 Å². The van der Waals surface area contributed by atoms with Crippen molar-refractivity contribution in [3.8, 4) is 0 Å². The first-order valence-corrected chi connectivity index (χ1v) is 5.73. The Balaban J connectivity index is 2.11. The van der Waals surface area contributed by atoms with Gasteiger partial charge >= 0.3 is 0 Å². The Kier molecular flexibility index (Phi) is 3.54. The highest BCUT2D eigenvalue weighted by Crippen LogP contribution is 2.14. The van der Waals surface area contributed by atoms with Crippen LogP contribution in [-0.2, 0) is 0 Å². The molecule has 0 atom stereocenters. The maximum atomic E-state index is 12.1. The van der Waals surface area contributed by atoms with Crippen molar-refractivity contribution in [3.63, 3.8) is 0 Å². The van der Waals surface area contributed by atoms with Crippen molar-refractivity contribution in [2.45, 2.75) is 18.9 Å². The van der Waals surface area contributed by atoms with Crippen LogP contribution in [-0.4, -0.2) is 41.4 Å². The Labute approximate surface area is 99.9 Å². The van der Waals surface area contributed by atoms with Crippen molar-refractivity contribution in [1.29, 1.82) is 0 Å². The summed E-state index contributed by atoms with van der Waals surface area (Å²) in [5.74, 6) is -0.0689. The van der Waals surface area contributed by atoms with Gasteiger partial charge in [0.15, 0.2) is 0 Å². The van der Waals surface area contributed by atoms with Gasteiger partial charge < -0.3 is 10.0 Å². The zero-order valence-corrected chi connectivity index (χ0v) is 9.50. The van der Waals surface area contributed by atoms with Crippen LogP contribution >= 0.6 is 0 Å². The van der Waals surface area contributed by atoms with E-state index in [4.69, 9.17) is 0 Å². The highest BCUT2D eigenvalue weighted by Gasteiger charge is 2.22. The second kappa shape index (κ2) is 5.10. The summed E-state index contributed by atoms with van der Waals surface area (Å²) in [6.07, 6.45) is 1.69. The van der Waals surface area contributed by atoms with E-state index in [0.717, 1.165) is 6.29 Å². The van der Waals surface area contributed by atoms with Crippen molar-refractivity contribution in [2.75, 3.05) is 13.1 Å². The fourth-order valence-electron chi connectivity index (χ4n) is 2.00. The smallest absolute Gasteiger partial charge is 0.253 e. The second-order valence-corrected chi connectivity index (χ2v) is 4.27. The lowest BCUT2D eigenvalue weighted by atomic mass is 10.1.